The van der Waals surface area contributed by atoms with Crippen LogP contribution in [0.2, 0.25) is 0 Å². The van der Waals surface area contributed by atoms with Gasteiger partial charge in [0, 0.05) is 5.56 Å². The normalized spacial score (nSPS) is 8.67. The maximum atomic E-state index is 11.1. The monoisotopic (exact) mass is 235 g/mol. The molecule has 0 saturated heterocycles. The fourth-order valence-electron chi connectivity index (χ4n) is 1.34. The molecule has 0 atom stereocenters. The van der Waals surface area contributed by atoms with E-state index in [4.69, 9.17) is 10.2 Å². The van der Waals surface area contributed by atoms with Crippen molar-refractivity contribution in [2.45, 2.75) is 0 Å². The minimum Gasteiger partial charge on any atom is -0.471 e. The number of amides is 1. The Hall–Kier alpha value is -2.91. The number of rotatable bonds is 1. The molecule has 0 spiro atoms. The fourth-order valence-corrected chi connectivity index (χ4v) is 1.34. The van der Waals surface area contributed by atoms with Crippen molar-refractivity contribution in [2.24, 2.45) is 5.73 Å². The molecule has 2 N–H and O–H groups in total. The molecule has 18 heavy (non-hydrogen) atoms. The number of hydrogen-bond donors (Lipinski definition) is 1. The SMILES string of the molecule is NC(=O)c1ccccc1C#CC#Cc1ccoc1. The van der Waals surface area contributed by atoms with Crippen LogP contribution in [0.1, 0.15) is 21.5 Å². The van der Waals surface area contributed by atoms with Crippen molar-refractivity contribution in [3.8, 4) is 23.7 Å². The average molecular weight is 235 g/mol. The molecule has 2 aromatic rings. The van der Waals surface area contributed by atoms with Gasteiger partial charge in [-0.1, -0.05) is 18.1 Å². The van der Waals surface area contributed by atoms with Crippen LogP contribution in [0.15, 0.2) is 47.3 Å². The topological polar surface area (TPSA) is 56.2 Å². The second kappa shape index (κ2) is 5.43. The second-order valence-electron chi connectivity index (χ2n) is 3.42. The van der Waals surface area contributed by atoms with Gasteiger partial charge >= 0.3 is 0 Å². The molecule has 0 bridgehead atoms. The van der Waals surface area contributed by atoms with Crippen molar-refractivity contribution in [3.63, 3.8) is 0 Å². The molecular formula is C15H9NO2. The summed E-state index contributed by atoms with van der Waals surface area (Å²) in [6.07, 6.45) is 3.08. The Kier molecular flexibility index (Phi) is 3.49. The van der Waals surface area contributed by atoms with E-state index in [-0.39, 0.29) is 0 Å². The zero-order valence-corrected chi connectivity index (χ0v) is 9.44. The molecular weight excluding hydrogens is 226 g/mol. The number of nitrogens with two attached hydrogens (primary N) is 1. The van der Waals surface area contributed by atoms with Crippen LogP contribution in [-0.4, -0.2) is 5.91 Å². The van der Waals surface area contributed by atoms with Crippen molar-refractivity contribution in [1.29, 1.82) is 0 Å². The quantitative estimate of drug-likeness (QED) is 0.766. The molecule has 2 rings (SSSR count). The van der Waals surface area contributed by atoms with Crippen LogP contribution in [0.4, 0.5) is 0 Å². The second-order valence-corrected chi connectivity index (χ2v) is 3.42. The van der Waals surface area contributed by atoms with Crippen molar-refractivity contribution in [1.82, 2.24) is 0 Å². The molecule has 0 unspecified atom stereocenters. The van der Waals surface area contributed by atoms with Gasteiger partial charge in [0.2, 0.25) is 5.91 Å². The maximum absolute atomic E-state index is 11.1. The first-order valence-corrected chi connectivity index (χ1v) is 5.20. The van der Waals surface area contributed by atoms with Gasteiger partial charge in [0.25, 0.3) is 0 Å². The Morgan fingerprint density at radius 3 is 2.61 bits per heavy atom. The minimum atomic E-state index is -0.498. The fraction of sp³-hybridized carbons (Fsp3) is 0. The van der Waals surface area contributed by atoms with E-state index in [0.717, 1.165) is 5.56 Å². The van der Waals surface area contributed by atoms with Crippen LogP contribution in [0.3, 0.4) is 0 Å². The lowest BCUT2D eigenvalue weighted by Gasteiger charge is -1.97. The summed E-state index contributed by atoms with van der Waals surface area (Å²) in [5.41, 5.74) is 6.97. The third kappa shape index (κ3) is 2.81. The van der Waals surface area contributed by atoms with Gasteiger partial charge in [0.05, 0.1) is 17.4 Å². The number of carbonyl (C=O) groups is 1. The van der Waals surface area contributed by atoms with E-state index in [0.29, 0.717) is 11.1 Å². The summed E-state index contributed by atoms with van der Waals surface area (Å²) < 4.78 is 4.87. The van der Waals surface area contributed by atoms with E-state index in [2.05, 4.69) is 23.7 Å². The zero-order valence-electron chi connectivity index (χ0n) is 9.44. The summed E-state index contributed by atoms with van der Waals surface area (Å²) in [7, 11) is 0. The summed E-state index contributed by atoms with van der Waals surface area (Å²) in [4.78, 5) is 11.1. The molecule has 1 aromatic carbocycles. The Balaban J connectivity index is 2.23. The summed E-state index contributed by atoms with van der Waals surface area (Å²) in [5.74, 6) is 10.5. The van der Waals surface area contributed by atoms with Crippen LogP contribution in [0.5, 0.6) is 0 Å². The third-order valence-electron chi connectivity index (χ3n) is 2.18. The lowest BCUT2D eigenvalue weighted by Crippen LogP contribution is -2.12. The van der Waals surface area contributed by atoms with Crippen LogP contribution >= 0.6 is 0 Å². The molecule has 1 heterocycles. The molecule has 0 fully saturated rings. The average Bonchev–Trinajstić information content (AvgIpc) is 2.88. The number of hydrogen-bond acceptors (Lipinski definition) is 2. The standard InChI is InChI=1S/C15H9NO2/c16-15(17)14-8-4-3-7-13(14)6-2-1-5-12-9-10-18-11-12/h3-4,7-11H,(H2,16,17). The minimum absolute atomic E-state index is 0.398. The Morgan fingerprint density at radius 1 is 1.11 bits per heavy atom. The highest BCUT2D eigenvalue weighted by molar-refractivity contribution is 5.95. The first-order chi connectivity index (χ1) is 8.77. The van der Waals surface area contributed by atoms with E-state index >= 15 is 0 Å². The van der Waals surface area contributed by atoms with E-state index < -0.39 is 5.91 Å². The largest absolute Gasteiger partial charge is 0.471 e. The van der Waals surface area contributed by atoms with Crippen molar-refractivity contribution < 1.29 is 9.21 Å². The molecule has 3 nitrogen and oxygen atoms in total. The van der Waals surface area contributed by atoms with Gasteiger partial charge in [0.1, 0.15) is 6.26 Å². The van der Waals surface area contributed by atoms with E-state index in [1.54, 1.807) is 36.6 Å². The van der Waals surface area contributed by atoms with Gasteiger partial charge < -0.3 is 10.2 Å². The molecule has 3 heteroatoms. The van der Waals surface area contributed by atoms with Crippen LogP contribution < -0.4 is 5.73 Å². The van der Waals surface area contributed by atoms with Gasteiger partial charge in [-0.3, -0.25) is 4.79 Å². The highest BCUT2D eigenvalue weighted by Crippen LogP contribution is 2.05. The molecule has 0 aliphatic carbocycles. The van der Waals surface area contributed by atoms with Gasteiger partial charge in [-0.05, 0) is 36.0 Å². The summed E-state index contributed by atoms with van der Waals surface area (Å²) in [6.45, 7) is 0. The molecule has 1 aromatic heterocycles. The Labute approximate surface area is 105 Å². The van der Waals surface area contributed by atoms with Crippen molar-refractivity contribution in [3.05, 3.63) is 59.5 Å². The Bertz CT molecular complexity index is 677. The molecule has 0 aliphatic heterocycles. The molecule has 0 saturated carbocycles. The highest BCUT2D eigenvalue weighted by Gasteiger charge is 2.03. The zero-order chi connectivity index (χ0) is 12.8. The molecule has 86 valence electrons. The number of carbonyl (C=O) groups excluding carboxylic acids is 1. The number of benzene rings is 1. The maximum Gasteiger partial charge on any atom is 0.249 e. The van der Waals surface area contributed by atoms with Gasteiger partial charge in [-0.25, -0.2) is 0 Å². The summed E-state index contributed by atoms with van der Waals surface area (Å²) in [5, 5.41) is 0. The van der Waals surface area contributed by atoms with E-state index in [1.807, 2.05) is 0 Å². The van der Waals surface area contributed by atoms with Crippen LogP contribution in [0.25, 0.3) is 0 Å². The number of furan rings is 1. The Morgan fingerprint density at radius 2 is 1.89 bits per heavy atom. The first kappa shape index (κ1) is 11.6. The third-order valence-corrected chi connectivity index (χ3v) is 2.18. The summed E-state index contributed by atoms with van der Waals surface area (Å²) >= 11 is 0. The smallest absolute Gasteiger partial charge is 0.249 e. The van der Waals surface area contributed by atoms with E-state index in [9.17, 15) is 4.79 Å². The molecule has 1 amide bonds. The number of primary amides is 1. The van der Waals surface area contributed by atoms with Crippen LogP contribution in [-0.2, 0) is 0 Å². The molecule has 0 radical (unpaired) electrons. The van der Waals surface area contributed by atoms with E-state index in [1.165, 1.54) is 6.26 Å². The highest BCUT2D eigenvalue weighted by atomic mass is 16.3. The van der Waals surface area contributed by atoms with Crippen LogP contribution in [0, 0.1) is 23.7 Å². The predicted octanol–water partition coefficient (Wildman–Crippen LogP) is 1.78. The predicted molar refractivity (Wildman–Crippen MR) is 67.4 cm³/mol. The summed E-state index contributed by atoms with van der Waals surface area (Å²) in [6, 6.07) is 8.64. The molecule has 0 aliphatic rings. The van der Waals surface area contributed by atoms with Gasteiger partial charge in [-0.2, -0.15) is 0 Å². The van der Waals surface area contributed by atoms with Crippen molar-refractivity contribution in [2.75, 3.05) is 0 Å². The lowest BCUT2D eigenvalue weighted by atomic mass is 10.1. The van der Waals surface area contributed by atoms with Gasteiger partial charge in [0.15, 0.2) is 0 Å². The van der Waals surface area contributed by atoms with Crippen molar-refractivity contribution >= 4 is 5.91 Å². The lowest BCUT2D eigenvalue weighted by molar-refractivity contribution is 0.1000. The first-order valence-electron chi connectivity index (χ1n) is 5.20. The van der Waals surface area contributed by atoms with Gasteiger partial charge in [-0.15, -0.1) is 0 Å².